The average molecular weight is 254 g/mol. The highest BCUT2D eigenvalue weighted by molar-refractivity contribution is 7.81. The van der Waals surface area contributed by atoms with Crippen molar-refractivity contribution < 1.29 is 4.79 Å². The van der Waals surface area contributed by atoms with E-state index in [0.717, 1.165) is 6.54 Å². The summed E-state index contributed by atoms with van der Waals surface area (Å²) in [6, 6.07) is 1.91. The van der Waals surface area contributed by atoms with E-state index in [1.165, 1.54) is 32.1 Å². The van der Waals surface area contributed by atoms with E-state index >= 15 is 0 Å². The molecule has 2 bridgehead atoms. The van der Waals surface area contributed by atoms with Crippen LogP contribution in [0.2, 0.25) is 0 Å². The van der Waals surface area contributed by atoms with Crippen molar-refractivity contribution in [3.8, 4) is 0 Å². The molecule has 0 N–H and O–H groups in total. The van der Waals surface area contributed by atoms with Gasteiger partial charge in [-0.3, -0.25) is 4.79 Å². The summed E-state index contributed by atoms with van der Waals surface area (Å²) in [5.41, 5.74) is 0. The Labute approximate surface area is 109 Å². The summed E-state index contributed by atoms with van der Waals surface area (Å²) in [5, 5.41) is 0.266. The summed E-state index contributed by atoms with van der Waals surface area (Å²) in [7, 11) is 2.26. The second-order valence-electron chi connectivity index (χ2n) is 5.93. The third-order valence-corrected chi connectivity index (χ3v) is 5.24. The van der Waals surface area contributed by atoms with Gasteiger partial charge >= 0.3 is 0 Å². The van der Waals surface area contributed by atoms with Gasteiger partial charge in [0.25, 0.3) is 0 Å². The number of likely N-dealkylation sites (tertiary alicyclic amines) is 1. The van der Waals surface area contributed by atoms with Gasteiger partial charge < -0.3 is 9.80 Å². The lowest BCUT2D eigenvalue weighted by atomic mass is 9.82. The van der Waals surface area contributed by atoms with Crippen molar-refractivity contribution >= 4 is 18.5 Å². The molecule has 3 nitrogen and oxygen atoms in total. The molecule has 0 radical (unpaired) electrons. The Morgan fingerprint density at radius 3 is 2.35 bits per heavy atom. The van der Waals surface area contributed by atoms with E-state index in [-0.39, 0.29) is 5.25 Å². The summed E-state index contributed by atoms with van der Waals surface area (Å²) in [4.78, 5) is 16.6. The third-order valence-electron chi connectivity index (χ3n) is 4.89. The van der Waals surface area contributed by atoms with Crippen LogP contribution in [-0.4, -0.2) is 52.7 Å². The van der Waals surface area contributed by atoms with E-state index < -0.39 is 0 Å². The Morgan fingerprint density at radius 2 is 1.82 bits per heavy atom. The van der Waals surface area contributed by atoms with Crippen LogP contribution in [0.1, 0.15) is 38.5 Å². The molecule has 0 saturated carbocycles. The van der Waals surface area contributed by atoms with Gasteiger partial charge in [-0.05, 0) is 32.7 Å². The van der Waals surface area contributed by atoms with Gasteiger partial charge in [-0.1, -0.05) is 6.42 Å². The zero-order valence-electron chi connectivity index (χ0n) is 10.5. The molecule has 4 atom stereocenters. The van der Waals surface area contributed by atoms with Crippen LogP contribution in [0.5, 0.6) is 0 Å². The molecule has 0 spiro atoms. The first-order valence-electron chi connectivity index (χ1n) is 6.84. The van der Waals surface area contributed by atoms with Gasteiger partial charge in [0.2, 0.25) is 5.91 Å². The molecule has 3 fully saturated rings. The van der Waals surface area contributed by atoms with E-state index in [1.54, 1.807) is 0 Å². The number of carbonyl (C=O) groups excluding carboxylic acids is 1. The first kappa shape index (κ1) is 11.8. The molecule has 3 aliphatic rings. The van der Waals surface area contributed by atoms with Crippen molar-refractivity contribution in [2.24, 2.45) is 0 Å². The summed E-state index contributed by atoms with van der Waals surface area (Å²) >= 11 is 4.46. The van der Waals surface area contributed by atoms with Gasteiger partial charge in [0.15, 0.2) is 0 Å². The monoisotopic (exact) mass is 254 g/mol. The molecule has 96 valence electrons. The SMILES string of the molecule is CN1[C@@H]2CCC[C@H]1CC(N1CC(S)CC1=O)C2. The third kappa shape index (κ3) is 2.10. The maximum Gasteiger partial charge on any atom is 0.224 e. The predicted octanol–water partition coefficient (Wildman–Crippen LogP) is 1.53. The Balaban J connectivity index is 1.71. The largest absolute Gasteiger partial charge is 0.338 e. The number of fused-ring (bicyclic) bond motifs is 2. The fraction of sp³-hybridized carbons (Fsp3) is 0.923. The van der Waals surface area contributed by atoms with E-state index in [4.69, 9.17) is 0 Å². The van der Waals surface area contributed by atoms with Crippen LogP contribution in [0.4, 0.5) is 0 Å². The second kappa shape index (κ2) is 4.47. The summed E-state index contributed by atoms with van der Waals surface area (Å²) in [6.07, 6.45) is 7.00. The summed E-state index contributed by atoms with van der Waals surface area (Å²) < 4.78 is 0. The average Bonchev–Trinajstić information content (AvgIpc) is 2.57. The van der Waals surface area contributed by atoms with Crippen molar-refractivity contribution in [1.82, 2.24) is 9.80 Å². The molecule has 3 saturated heterocycles. The number of nitrogens with zero attached hydrogens (tertiary/aromatic N) is 2. The molecule has 0 aromatic heterocycles. The van der Waals surface area contributed by atoms with Gasteiger partial charge in [0.1, 0.15) is 0 Å². The molecule has 4 heteroatoms. The second-order valence-corrected chi connectivity index (χ2v) is 6.66. The highest BCUT2D eigenvalue weighted by Gasteiger charge is 2.41. The number of hydrogen-bond acceptors (Lipinski definition) is 3. The van der Waals surface area contributed by atoms with Crippen molar-refractivity contribution in [2.45, 2.75) is 61.9 Å². The lowest BCUT2D eigenvalue weighted by molar-refractivity contribution is -0.131. The molecule has 1 amide bonds. The fourth-order valence-corrected chi connectivity index (χ4v) is 4.24. The summed E-state index contributed by atoms with van der Waals surface area (Å²) in [6.45, 7) is 0.871. The number of hydrogen-bond donors (Lipinski definition) is 1. The predicted molar refractivity (Wildman–Crippen MR) is 71.3 cm³/mol. The van der Waals surface area contributed by atoms with E-state index in [9.17, 15) is 4.79 Å². The van der Waals surface area contributed by atoms with Crippen LogP contribution in [0.15, 0.2) is 0 Å². The standard InChI is InChI=1S/C13H22N2OS/c1-14-9-3-2-4-10(14)6-11(5-9)15-8-12(17)7-13(15)16/h9-12,17H,2-8H2,1H3/t9-,10+,11?,12?. The molecule has 0 aromatic rings. The fourth-order valence-electron chi connectivity index (χ4n) is 3.91. The number of amides is 1. The topological polar surface area (TPSA) is 23.6 Å². The Kier molecular flexibility index (Phi) is 3.11. The van der Waals surface area contributed by atoms with Crippen LogP contribution >= 0.6 is 12.6 Å². The minimum atomic E-state index is 0.266. The number of rotatable bonds is 1. The smallest absolute Gasteiger partial charge is 0.224 e. The molecule has 2 unspecified atom stereocenters. The van der Waals surface area contributed by atoms with Crippen LogP contribution in [0.3, 0.4) is 0 Å². The zero-order valence-corrected chi connectivity index (χ0v) is 11.4. The van der Waals surface area contributed by atoms with Crippen molar-refractivity contribution in [2.75, 3.05) is 13.6 Å². The lowest BCUT2D eigenvalue weighted by Crippen LogP contribution is -2.55. The first-order chi connectivity index (χ1) is 8.15. The molecule has 17 heavy (non-hydrogen) atoms. The molecule has 0 aliphatic carbocycles. The minimum absolute atomic E-state index is 0.266. The van der Waals surface area contributed by atoms with Crippen molar-refractivity contribution in [1.29, 1.82) is 0 Å². The van der Waals surface area contributed by atoms with Crippen molar-refractivity contribution in [3.63, 3.8) is 0 Å². The zero-order chi connectivity index (χ0) is 12.0. The normalized spacial score (nSPS) is 43.2. The number of carbonyl (C=O) groups is 1. The Bertz CT molecular complexity index is 309. The maximum absolute atomic E-state index is 11.9. The first-order valence-corrected chi connectivity index (χ1v) is 7.36. The van der Waals surface area contributed by atoms with Gasteiger partial charge in [-0.2, -0.15) is 12.6 Å². The molecular weight excluding hydrogens is 232 g/mol. The van der Waals surface area contributed by atoms with Gasteiger partial charge in [0, 0.05) is 36.3 Å². The van der Waals surface area contributed by atoms with E-state index in [2.05, 4.69) is 29.5 Å². The van der Waals surface area contributed by atoms with Gasteiger partial charge in [-0.25, -0.2) is 0 Å². The van der Waals surface area contributed by atoms with E-state index in [0.29, 0.717) is 30.5 Å². The lowest BCUT2D eigenvalue weighted by Gasteiger charge is -2.49. The van der Waals surface area contributed by atoms with Gasteiger partial charge in [0.05, 0.1) is 0 Å². The maximum atomic E-state index is 11.9. The highest BCUT2D eigenvalue weighted by Crippen LogP contribution is 2.36. The molecule has 3 rings (SSSR count). The Morgan fingerprint density at radius 1 is 1.18 bits per heavy atom. The van der Waals surface area contributed by atoms with Crippen LogP contribution in [-0.2, 0) is 4.79 Å². The highest BCUT2D eigenvalue weighted by atomic mass is 32.1. The van der Waals surface area contributed by atoms with Crippen LogP contribution in [0, 0.1) is 0 Å². The minimum Gasteiger partial charge on any atom is -0.338 e. The van der Waals surface area contributed by atoms with Crippen LogP contribution in [0.25, 0.3) is 0 Å². The Hall–Kier alpha value is -0.220. The number of piperidine rings is 2. The molecule has 3 heterocycles. The van der Waals surface area contributed by atoms with Crippen LogP contribution < -0.4 is 0 Å². The summed E-state index contributed by atoms with van der Waals surface area (Å²) in [5.74, 6) is 0.331. The van der Waals surface area contributed by atoms with Gasteiger partial charge in [-0.15, -0.1) is 0 Å². The van der Waals surface area contributed by atoms with Crippen molar-refractivity contribution in [3.05, 3.63) is 0 Å². The quantitative estimate of drug-likeness (QED) is 0.718. The molecular formula is C13H22N2OS. The molecule has 3 aliphatic heterocycles. The molecule has 0 aromatic carbocycles. The number of thiol groups is 1. The van der Waals surface area contributed by atoms with E-state index in [1.807, 2.05) is 0 Å².